The Morgan fingerprint density at radius 1 is 1.32 bits per heavy atom. The molecule has 126 valence electrons. The van der Waals surface area contributed by atoms with Crippen LogP contribution in [0.5, 0.6) is 0 Å². The summed E-state index contributed by atoms with van der Waals surface area (Å²) in [6, 6.07) is 11.6. The Bertz CT molecular complexity index is 936. The first-order valence-corrected chi connectivity index (χ1v) is 8.13. The predicted molar refractivity (Wildman–Crippen MR) is 92.6 cm³/mol. The Balaban J connectivity index is 1.48. The fraction of sp³-hybridized carbons (Fsp3) is 0.222. The topological polar surface area (TPSA) is 85.8 Å². The summed E-state index contributed by atoms with van der Waals surface area (Å²) in [4.78, 5) is 12.1. The van der Waals surface area contributed by atoms with Crippen molar-refractivity contribution in [1.82, 2.24) is 20.2 Å². The summed E-state index contributed by atoms with van der Waals surface area (Å²) in [5.74, 6) is 1.94. The fourth-order valence-electron chi connectivity index (χ4n) is 2.57. The molecule has 0 radical (unpaired) electrons. The third kappa shape index (κ3) is 3.50. The first-order chi connectivity index (χ1) is 12.2. The minimum atomic E-state index is -0.229. The summed E-state index contributed by atoms with van der Waals surface area (Å²) in [6.07, 6.45) is 5.29. The highest BCUT2D eigenvalue weighted by atomic mass is 16.3. The molecule has 7 heteroatoms. The van der Waals surface area contributed by atoms with Crippen LogP contribution >= 0.6 is 0 Å². The number of carbonyl (C=O) groups is 1. The van der Waals surface area contributed by atoms with E-state index >= 15 is 0 Å². The molecule has 0 saturated heterocycles. The summed E-state index contributed by atoms with van der Waals surface area (Å²) < 4.78 is 7.25. The number of hydrogen-bond acceptors (Lipinski definition) is 5. The number of tetrazole rings is 1. The summed E-state index contributed by atoms with van der Waals surface area (Å²) in [7, 11) is 0. The zero-order valence-corrected chi connectivity index (χ0v) is 13.7. The highest BCUT2D eigenvalue weighted by Gasteiger charge is 2.28. The van der Waals surface area contributed by atoms with Crippen LogP contribution in [0.15, 0.2) is 46.9 Å². The van der Waals surface area contributed by atoms with Crippen LogP contribution in [0, 0.1) is 6.92 Å². The molecule has 1 N–H and O–H groups in total. The van der Waals surface area contributed by atoms with Gasteiger partial charge in [-0.2, -0.15) is 0 Å². The van der Waals surface area contributed by atoms with Gasteiger partial charge in [0.15, 0.2) is 5.82 Å². The van der Waals surface area contributed by atoms with Crippen molar-refractivity contribution in [3.05, 3.63) is 54.0 Å². The summed E-state index contributed by atoms with van der Waals surface area (Å²) in [5.41, 5.74) is 1.56. The third-order valence-electron chi connectivity index (χ3n) is 3.93. The maximum absolute atomic E-state index is 12.1. The number of amides is 1. The van der Waals surface area contributed by atoms with Gasteiger partial charge >= 0.3 is 0 Å². The van der Waals surface area contributed by atoms with Gasteiger partial charge in [-0.25, -0.2) is 4.68 Å². The maximum atomic E-state index is 12.1. The van der Waals surface area contributed by atoms with Crippen LogP contribution in [0.1, 0.15) is 30.4 Å². The van der Waals surface area contributed by atoms with Gasteiger partial charge in [0, 0.05) is 17.3 Å². The van der Waals surface area contributed by atoms with Crippen molar-refractivity contribution in [2.45, 2.75) is 25.8 Å². The molecule has 7 nitrogen and oxygen atoms in total. The smallest absolute Gasteiger partial charge is 0.248 e. The summed E-state index contributed by atoms with van der Waals surface area (Å²) in [6.45, 7) is 1.86. The van der Waals surface area contributed by atoms with E-state index in [2.05, 4.69) is 20.8 Å². The standard InChI is InChI=1S/C18H17N5O2/c1-12-5-8-16(25-12)9-10-17(24)19-14-4-2-3-13(11-14)18-20-21-22-23(18)15-6-7-15/h2-5,8-11,15H,6-7H2,1H3,(H,19,24)/b10-9-. The van der Waals surface area contributed by atoms with Crippen molar-refractivity contribution in [2.24, 2.45) is 0 Å². The molecular formula is C18H17N5O2. The molecule has 2 aromatic heterocycles. The molecule has 1 aliphatic carbocycles. The monoisotopic (exact) mass is 335 g/mol. The molecule has 1 aliphatic rings. The highest BCUT2D eigenvalue weighted by molar-refractivity contribution is 6.02. The van der Waals surface area contributed by atoms with Gasteiger partial charge in [0.05, 0.1) is 6.04 Å². The molecule has 0 atom stereocenters. The van der Waals surface area contributed by atoms with Crippen LogP contribution in [0.4, 0.5) is 5.69 Å². The molecule has 1 fully saturated rings. The zero-order chi connectivity index (χ0) is 17.2. The van der Waals surface area contributed by atoms with Gasteiger partial charge in [0.25, 0.3) is 0 Å². The number of nitrogens with zero attached hydrogens (tertiary/aromatic N) is 4. The van der Waals surface area contributed by atoms with E-state index < -0.39 is 0 Å². The van der Waals surface area contributed by atoms with E-state index in [9.17, 15) is 4.79 Å². The minimum absolute atomic E-state index is 0.229. The van der Waals surface area contributed by atoms with Crippen LogP contribution in [0.25, 0.3) is 17.5 Å². The van der Waals surface area contributed by atoms with E-state index in [1.165, 1.54) is 6.08 Å². The van der Waals surface area contributed by atoms with Gasteiger partial charge in [-0.05, 0) is 60.5 Å². The van der Waals surface area contributed by atoms with Crippen molar-refractivity contribution in [3.63, 3.8) is 0 Å². The molecule has 0 bridgehead atoms. The molecular weight excluding hydrogens is 318 g/mol. The Labute approximate surface area is 144 Å². The SMILES string of the molecule is Cc1ccc(/C=C\C(=O)Nc2cccc(-c3nnnn3C3CC3)c2)o1. The highest BCUT2D eigenvalue weighted by Crippen LogP contribution is 2.36. The van der Waals surface area contributed by atoms with E-state index in [-0.39, 0.29) is 5.91 Å². The van der Waals surface area contributed by atoms with Gasteiger partial charge in [0.1, 0.15) is 11.5 Å². The lowest BCUT2D eigenvalue weighted by Crippen LogP contribution is -2.08. The lowest BCUT2D eigenvalue weighted by Gasteiger charge is -2.06. The first-order valence-electron chi connectivity index (χ1n) is 8.13. The van der Waals surface area contributed by atoms with Crippen molar-refractivity contribution in [2.75, 3.05) is 5.32 Å². The number of furan rings is 1. The first kappa shape index (κ1) is 15.3. The normalized spacial score (nSPS) is 14.1. The van der Waals surface area contributed by atoms with Crippen molar-refractivity contribution >= 4 is 17.7 Å². The van der Waals surface area contributed by atoms with Crippen LogP contribution < -0.4 is 5.32 Å². The van der Waals surface area contributed by atoms with E-state index in [1.807, 2.05) is 48.0 Å². The molecule has 1 amide bonds. The average Bonchev–Trinajstić information content (AvgIpc) is 3.17. The van der Waals surface area contributed by atoms with Crippen molar-refractivity contribution in [1.29, 1.82) is 0 Å². The quantitative estimate of drug-likeness (QED) is 0.724. The summed E-state index contributed by atoms with van der Waals surface area (Å²) >= 11 is 0. The van der Waals surface area contributed by atoms with Gasteiger partial charge in [-0.3, -0.25) is 4.79 Å². The Morgan fingerprint density at radius 2 is 2.20 bits per heavy atom. The molecule has 0 unspecified atom stereocenters. The second-order valence-electron chi connectivity index (χ2n) is 6.03. The largest absolute Gasteiger partial charge is 0.462 e. The Kier molecular flexibility index (Phi) is 3.89. The second-order valence-corrected chi connectivity index (χ2v) is 6.03. The fourth-order valence-corrected chi connectivity index (χ4v) is 2.57. The zero-order valence-electron chi connectivity index (χ0n) is 13.7. The van der Waals surface area contributed by atoms with Crippen molar-refractivity contribution in [3.8, 4) is 11.4 Å². The van der Waals surface area contributed by atoms with Gasteiger partial charge in [-0.15, -0.1) is 5.10 Å². The Hall–Kier alpha value is -3.22. The van der Waals surface area contributed by atoms with Crippen LogP contribution in [0.2, 0.25) is 0 Å². The van der Waals surface area contributed by atoms with Crippen LogP contribution in [0.3, 0.4) is 0 Å². The van der Waals surface area contributed by atoms with E-state index in [0.29, 0.717) is 17.5 Å². The summed E-state index contributed by atoms with van der Waals surface area (Å²) in [5, 5.41) is 14.8. The van der Waals surface area contributed by atoms with E-state index in [1.54, 1.807) is 6.08 Å². The number of nitrogens with one attached hydrogen (secondary N) is 1. The Morgan fingerprint density at radius 3 is 2.96 bits per heavy atom. The molecule has 1 saturated carbocycles. The number of rotatable bonds is 5. The minimum Gasteiger partial charge on any atom is -0.462 e. The number of hydrogen-bond donors (Lipinski definition) is 1. The molecule has 1 aromatic carbocycles. The molecule has 4 rings (SSSR count). The lowest BCUT2D eigenvalue weighted by molar-refractivity contribution is -0.111. The van der Waals surface area contributed by atoms with Crippen molar-refractivity contribution < 1.29 is 9.21 Å². The average molecular weight is 335 g/mol. The van der Waals surface area contributed by atoms with Gasteiger partial charge < -0.3 is 9.73 Å². The molecule has 0 aliphatic heterocycles. The second kappa shape index (κ2) is 6.35. The lowest BCUT2D eigenvalue weighted by atomic mass is 10.2. The number of anilines is 1. The van der Waals surface area contributed by atoms with Gasteiger partial charge in [-0.1, -0.05) is 12.1 Å². The predicted octanol–water partition coefficient (Wildman–Crippen LogP) is 3.23. The molecule has 25 heavy (non-hydrogen) atoms. The maximum Gasteiger partial charge on any atom is 0.248 e. The van der Waals surface area contributed by atoms with Gasteiger partial charge in [0.2, 0.25) is 5.91 Å². The molecule has 3 aromatic rings. The molecule has 2 heterocycles. The van der Waals surface area contributed by atoms with Crippen LogP contribution in [-0.4, -0.2) is 26.1 Å². The number of benzene rings is 1. The number of carbonyl (C=O) groups excluding carboxylic acids is 1. The van der Waals surface area contributed by atoms with E-state index in [4.69, 9.17) is 4.42 Å². The third-order valence-corrected chi connectivity index (χ3v) is 3.93. The number of aryl methyl sites for hydroxylation is 1. The van der Waals surface area contributed by atoms with Crippen LogP contribution in [-0.2, 0) is 4.79 Å². The molecule has 0 spiro atoms. The number of aromatic nitrogens is 4. The van der Waals surface area contributed by atoms with E-state index in [0.717, 1.165) is 30.0 Å².